The number of carbonyl (C=O) groups excluding carboxylic acids is 2. The van der Waals surface area contributed by atoms with Crippen molar-refractivity contribution >= 4 is 22.8 Å². The molecule has 0 amide bonds. The summed E-state index contributed by atoms with van der Waals surface area (Å²) in [6.07, 6.45) is 1.01. The Morgan fingerprint density at radius 1 is 1.07 bits per heavy atom. The van der Waals surface area contributed by atoms with E-state index in [1.54, 1.807) is 6.92 Å². The second kappa shape index (κ2) is 10.7. The van der Waals surface area contributed by atoms with Gasteiger partial charge in [-0.15, -0.1) is 0 Å². The first-order valence-electron chi connectivity index (χ1n) is 13.9. The summed E-state index contributed by atoms with van der Waals surface area (Å²) < 4.78 is 11.8. The zero-order valence-electron chi connectivity index (χ0n) is 24.4. The first-order valence-corrected chi connectivity index (χ1v) is 13.9. The van der Waals surface area contributed by atoms with Gasteiger partial charge in [0.25, 0.3) is 0 Å². The third kappa shape index (κ3) is 5.20. The maximum absolute atomic E-state index is 14.2. The summed E-state index contributed by atoms with van der Waals surface area (Å²) in [6.45, 7) is 14.4. The normalized spacial score (nSPS) is 19.6. The molecule has 0 fully saturated rings. The molecule has 1 aliphatic carbocycles. The third-order valence-corrected chi connectivity index (χ3v) is 7.69. The number of H-pyrrole nitrogens is 1. The summed E-state index contributed by atoms with van der Waals surface area (Å²) in [5.41, 5.74) is 8.83. The number of rotatable bonds is 6. The Bertz CT molecular complexity index is 1530. The number of hydrogen-bond donors (Lipinski definition) is 2. The fraction of sp³-hybridized carbons (Fsp3) is 0.438. The minimum absolute atomic E-state index is 0.0150. The lowest BCUT2D eigenvalue weighted by Gasteiger charge is -2.38. The van der Waals surface area contributed by atoms with Crippen LogP contribution in [0.1, 0.15) is 80.2 Å². The van der Waals surface area contributed by atoms with Crippen LogP contribution in [0, 0.1) is 20.8 Å². The maximum Gasteiger partial charge on any atom is 0.336 e. The van der Waals surface area contributed by atoms with E-state index in [-0.39, 0.29) is 24.9 Å². The minimum atomic E-state index is -0.656. The van der Waals surface area contributed by atoms with Gasteiger partial charge in [-0.05, 0) is 89.1 Å². The molecule has 1 aromatic heterocycles. The van der Waals surface area contributed by atoms with Crippen LogP contribution in [0.25, 0.3) is 11.0 Å². The average Bonchev–Trinajstić information content (AvgIpc) is 3.35. The number of esters is 1. The fourth-order valence-electron chi connectivity index (χ4n) is 6.28. The molecule has 0 radical (unpaired) electrons. The summed E-state index contributed by atoms with van der Waals surface area (Å²) in [7, 11) is 0. The highest BCUT2D eigenvalue weighted by atomic mass is 16.5. The summed E-state index contributed by atoms with van der Waals surface area (Å²) in [5.74, 6) is -1.09. The van der Waals surface area contributed by atoms with Crippen molar-refractivity contribution in [2.24, 2.45) is 0 Å². The van der Waals surface area contributed by atoms with Crippen LogP contribution in [0.2, 0.25) is 0 Å². The number of nitrogens with zero attached hydrogens (tertiary/aromatic N) is 2. The van der Waals surface area contributed by atoms with Gasteiger partial charge >= 0.3 is 5.97 Å². The van der Waals surface area contributed by atoms with Crippen LogP contribution in [-0.4, -0.2) is 46.0 Å². The van der Waals surface area contributed by atoms with Crippen molar-refractivity contribution in [2.45, 2.75) is 78.7 Å². The number of aryl methyl sites for hydroxylation is 3. The van der Waals surface area contributed by atoms with E-state index in [9.17, 15) is 9.59 Å². The summed E-state index contributed by atoms with van der Waals surface area (Å²) in [5, 5.41) is 14.9. The van der Waals surface area contributed by atoms with Gasteiger partial charge in [-0.1, -0.05) is 29.8 Å². The zero-order valence-corrected chi connectivity index (χ0v) is 24.4. The van der Waals surface area contributed by atoms with E-state index in [0.29, 0.717) is 40.7 Å². The Labute approximate surface area is 235 Å². The molecule has 3 aromatic rings. The number of ketones is 1. The number of fused-ring (bicyclic) bond motifs is 1. The number of aromatic nitrogens is 3. The molecule has 8 nitrogen and oxygen atoms in total. The highest BCUT2D eigenvalue weighted by Crippen LogP contribution is 2.47. The summed E-state index contributed by atoms with van der Waals surface area (Å²) >= 11 is 0. The smallest absolute Gasteiger partial charge is 0.336 e. The minimum Gasteiger partial charge on any atom is -0.463 e. The lowest BCUT2D eigenvalue weighted by atomic mass is 9.70. The number of Topliss-reactive ketones (excluding diaryl/α,β-unsaturated/α-hetero) is 1. The van der Waals surface area contributed by atoms with Crippen molar-refractivity contribution in [3.8, 4) is 0 Å². The van der Waals surface area contributed by atoms with E-state index >= 15 is 0 Å². The van der Waals surface area contributed by atoms with E-state index in [4.69, 9.17) is 9.47 Å². The number of ether oxygens (including phenoxy) is 2. The molecule has 0 spiro atoms. The van der Waals surface area contributed by atoms with Gasteiger partial charge in [0.1, 0.15) is 11.0 Å². The molecule has 2 aromatic carbocycles. The Kier molecular flexibility index (Phi) is 7.40. The van der Waals surface area contributed by atoms with Crippen LogP contribution in [0.4, 0.5) is 0 Å². The predicted octanol–water partition coefficient (Wildman–Crippen LogP) is 5.60. The van der Waals surface area contributed by atoms with E-state index in [1.165, 1.54) is 22.3 Å². The topological polar surface area (TPSA) is 106 Å². The lowest BCUT2D eigenvalue weighted by molar-refractivity contribution is -0.139. The van der Waals surface area contributed by atoms with Crippen molar-refractivity contribution in [3.63, 3.8) is 0 Å². The molecule has 0 saturated carbocycles. The third-order valence-electron chi connectivity index (χ3n) is 7.69. The molecule has 0 saturated heterocycles. The summed E-state index contributed by atoms with van der Waals surface area (Å²) in [6, 6.07) is 10.0. The first-order chi connectivity index (χ1) is 19.0. The van der Waals surface area contributed by atoms with Crippen LogP contribution in [-0.2, 0) is 19.1 Å². The SMILES string of the molecule is CCOC(=O)C1=C(COC(C)(C)C)NC2=C(C(=O)CC(c3c(C)cc(C)cc3C)C2)C1c1cccc2n[nH]nc12. The van der Waals surface area contributed by atoms with Crippen molar-refractivity contribution < 1.29 is 19.1 Å². The second-order valence-corrected chi connectivity index (χ2v) is 11.8. The first kappa shape index (κ1) is 27.8. The monoisotopic (exact) mass is 542 g/mol. The Balaban J connectivity index is 1.69. The largest absolute Gasteiger partial charge is 0.463 e. The number of carbonyl (C=O) groups is 2. The fourth-order valence-corrected chi connectivity index (χ4v) is 6.28. The van der Waals surface area contributed by atoms with Crippen molar-refractivity contribution in [1.29, 1.82) is 0 Å². The number of nitrogens with one attached hydrogen (secondary N) is 2. The lowest BCUT2D eigenvalue weighted by Crippen LogP contribution is -2.39. The number of para-hydroxylation sites is 1. The van der Waals surface area contributed by atoms with Crippen LogP contribution in [0.15, 0.2) is 52.9 Å². The molecule has 2 heterocycles. The Morgan fingerprint density at radius 3 is 2.48 bits per heavy atom. The Hall–Kier alpha value is -3.78. The van der Waals surface area contributed by atoms with Crippen LogP contribution < -0.4 is 5.32 Å². The molecule has 1 aliphatic heterocycles. The van der Waals surface area contributed by atoms with Gasteiger partial charge in [0.2, 0.25) is 0 Å². The molecule has 2 atom stereocenters. The van der Waals surface area contributed by atoms with Crippen molar-refractivity contribution in [1.82, 2.24) is 20.7 Å². The van der Waals surface area contributed by atoms with Crippen LogP contribution >= 0.6 is 0 Å². The maximum atomic E-state index is 14.2. The zero-order chi connectivity index (χ0) is 28.8. The highest BCUT2D eigenvalue weighted by molar-refractivity contribution is 6.05. The molecule has 40 heavy (non-hydrogen) atoms. The molecule has 8 heteroatoms. The van der Waals surface area contributed by atoms with E-state index < -0.39 is 17.5 Å². The van der Waals surface area contributed by atoms with Gasteiger partial charge in [-0.25, -0.2) is 4.79 Å². The molecule has 0 bridgehead atoms. The predicted molar refractivity (Wildman–Crippen MR) is 154 cm³/mol. The Morgan fingerprint density at radius 2 is 1.80 bits per heavy atom. The van der Waals surface area contributed by atoms with E-state index in [2.05, 4.69) is 53.6 Å². The van der Waals surface area contributed by atoms with Crippen molar-refractivity contribution in [2.75, 3.05) is 13.2 Å². The van der Waals surface area contributed by atoms with Gasteiger partial charge < -0.3 is 14.8 Å². The average molecular weight is 543 g/mol. The number of hydrogen-bond acceptors (Lipinski definition) is 7. The molecule has 5 rings (SSSR count). The molecule has 2 aliphatic rings. The summed E-state index contributed by atoms with van der Waals surface area (Å²) in [4.78, 5) is 27.8. The van der Waals surface area contributed by atoms with Crippen LogP contribution in [0.3, 0.4) is 0 Å². The molecular weight excluding hydrogens is 504 g/mol. The van der Waals surface area contributed by atoms with Crippen LogP contribution in [0.5, 0.6) is 0 Å². The molecule has 2 unspecified atom stereocenters. The number of aromatic amines is 1. The van der Waals surface area contributed by atoms with E-state index in [0.717, 1.165) is 11.3 Å². The highest BCUT2D eigenvalue weighted by Gasteiger charge is 2.43. The van der Waals surface area contributed by atoms with Gasteiger partial charge in [0, 0.05) is 17.7 Å². The van der Waals surface area contributed by atoms with E-state index in [1.807, 2.05) is 39.0 Å². The number of allylic oxidation sites excluding steroid dienone is 2. The molecular formula is C32H38N4O4. The number of benzene rings is 2. The van der Waals surface area contributed by atoms with Crippen molar-refractivity contribution in [3.05, 3.63) is 80.7 Å². The van der Waals surface area contributed by atoms with Gasteiger partial charge in [0.15, 0.2) is 5.78 Å². The van der Waals surface area contributed by atoms with Gasteiger partial charge in [-0.2, -0.15) is 15.4 Å². The molecule has 2 N–H and O–H groups in total. The second-order valence-electron chi connectivity index (χ2n) is 11.8. The molecule has 210 valence electrons. The van der Waals surface area contributed by atoms with Gasteiger partial charge in [-0.3, -0.25) is 4.79 Å². The standard InChI is InChI=1S/C32H38N4O4/c1-8-39-31(38)29-24(16-40-32(5,6)7)33-23-14-20(26-18(3)12-17(2)13-19(26)4)15-25(37)28(23)27(29)21-10-9-11-22-30(21)35-36-34-22/h9-13,20,27,33H,8,14-16H2,1-7H3,(H,34,35,36). The number of dihydropyridines is 1. The quantitative estimate of drug-likeness (QED) is 0.390. The van der Waals surface area contributed by atoms with Gasteiger partial charge in [0.05, 0.1) is 36.0 Å².